The summed E-state index contributed by atoms with van der Waals surface area (Å²) in [5, 5.41) is 7.27. The third-order valence-electron chi connectivity index (χ3n) is 3.01. The van der Waals surface area contributed by atoms with Crippen molar-refractivity contribution in [1.29, 1.82) is 0 Å². The van der Waals surface area contributed by atoms with Gasteiger partial charge in [-0.05, 0) is 12.1 Å². The smallest absolute Gasteiger partial charge is 0.179 e. The van der Waals surface area contributed by atoms with Crippen LogP contribution < -0.4 is 0 Å². The van der Waals surface area contributed by atoms with Gasteiger partial charge in [-0.15, -0.1) is 0 Å². The molecule has 21 heavy (non-hydrogen) atoms. The number of H-pyrrole nitrogens is 1. The summed E-state index contributed by atoms with van der Waals surface area (Å²) >= 11 is 5.92. The number of hydrogen-bond donors (Lipinski definition) is 1. The van der Waals surface area contributed by atoms with E-state index in [9.17, 15) is 0 Å². The quantitative estimate of drug-likeness (QED) is 0.574. The van der Waals surface area contributed by atoms with E-state index < -0.39 is 0 Å². The minimum Gasteiger partial charge on any atom is -0.293 e. The molecule has 0 spiro atoms. The van der Waals surface area contributed by atoms with Gasteiger partial charge in [0.05, 0.1) is 12.4 Å². The third kappa shape index (κ3) is 2.03. The molecule has 0 atom stereocenters. The molecule has 4 aromatic rings. The molecule has 0 bridgehead atoms. The number of nitrogens with zero attached hydrogens (tertiary/aromatic N) is 6. The zero-order valence-corrected chi connectivity index (χ0v) is 11.4. The first kappa shape index (κ1) is 12.0. The minimum atomic E-state index is 0.386. The predicted octanol–water partition coefficient (Wildman–Crippen LogP) is 2.23. The Morgan fingerprint density at radius 1 is 1.05 bits per heavy atom. The summed E-state index contributed by atoms with van der Waals surface area (Å²) in [6, 6.07) is 3.48. The molecule has 0 aliphatic rings. The molecule has 0 saturated carbocycles. The summed E-state index contributed by atoms with van der Waals surface area (Å²) in [5.41, 5.74) is 2.92. The zero-order valence-electron chi connectivity index (χ0n) is 10.6. The van der Waals surface area contributed by atoms with Crippen molar-refractivity contribution in [3.8, 4) is 22.9 Å². The van der Waals surface area contributed by atoms with E-state index in [0.717, 1.165) is 17.1 Å². The van der Waals surface area contributed by atoms with Crippen molar-refractivity contribution in [3.05, 3.63) is 48.3 Å². The number of rotatable bonds is 2. The summed E-state index contributed by atoms with van der Waals surface area (Å²) in [6.07, 6.45) is 8.57. The fourth-order valence-electron chi connectivity index (χ4n) is 2.05. The van der Waals surface area contributed by atoms with Gasteiger partial charge in [0.2, 0.25) is 0 Å². The van der Waals surface area contributed by atoms with Crippen molar-refractivity contribution < 1.29 is 0 Å². The van der Waals surface area contributed by atoms with Crippen molar-refractivity contribution in [2.45, 2.75) is 0 Å². The summed E-state index contributed by atoms with van der Waals surface area (Å²) in [6.45, 7) is 0. The highest BCUT2D eigenvalue weighted by atomic mass is 35.5. The summed E-state index contributed by atoms with van der Waals surface area (Å²) < 4.78 is 1.86. The maximum absolute atomic E-state index is 5.92. The molecule has 7 nitrogen and oxygen atoms in total. The normalized spacial score (nSPS) is 11.1. The second-order valence-corrected chi connectivity index (χ2v) is 4.69. The van der Waals surface area contributed by atoms with Crippen LogP contribution in [0.3, 0.4) is 0 Å². The van der Waals surface area contributed by atoms with E-state index in [0.29, 0.717) is 16.6 Å². The van der Waals surface area contributed by atoms with Crippen LogP contribution in [0.1, 0.15) is 0 Å². The number of halogens is 1. The van der Waals surface area contributed by atoms with Gasteiger partial charge in [0, 0.05) is 18.6 Å². The Labute approximate surface area is 123 Å². The van der Waals surface area contributed by atoms with Gasteiger partial charge in [-0.2, -0.15) is 5.10 Å². The molecule has 1 N–H and O–H groups in total. The van der Waals surface area contributed by atoms with Gasteiger partial charge in [0.15, 0.2) is 11.5 Å². The number of aromatic amines is 1. The van der Waals surface area contributed by atoms with Crippen LogP contribution in [-0.4, -0.2) is 34.5 Å². The molecule has 0 aliphatic heterocycles. The lowest BCUT2D eigenvalue weighted by Crippen LogP contribution is -1.96. The molecule has 0 aromatic carbocycles. The first-order valence-corrected chi connectivity index (χ1v) is 6.51. The van der Waals surface area contributed by atoms with E-state index in [-0.39, 0.29) is 0 Å². The first-order valence-electron chi connectivity index (χ1n) is 6.13. The van der Waals surface area contributed by atoms with Crippen molar-refractivity contribution >= 4 is 17.2 Å². The molecule has 4 heterocycles. The van der Waals surface area contributed by atoms with Crippen LogP contribution in [0, 0.1) is 0 Å². The lowest BCUT2D eigenvalue weighted by molar-refractivity contribution is 1.06. The fourth-order valence-corrected chi connectivity index (χ4v) is 2.19. The van der Waals surface area contributed by atoms with Crippen LogP contribution in [0.15, 0.2) is 43.1 Å². The molecule has 8 heteroatoms. The van der Waals surface area contributed by atoms with E-state index >= 15 is 0 Å². The number of aromatic nitrogens is 7. The van der Waals surface area contributed by atoms with Crippen molar-refractivity contribution in [2.75, 3.05) is 0 Å². The number of nitrogens with one attached hydrogen (secondary N) is 1. The second-order valence-electron chi connectivity index (χ2n) is 4.31. The summed E-state index contributed by atoms with van der Waals surface area (Å²) in [4.78, 5) is 17.1. The molecule has 0 fully saturated rings. The Kier molecular flexibility index (Phi) is 2.65. The first-order chi connectivity index (χ1) is 10.3. The van der Waals surface area contributed by atoms with Crippen LogP contribution in [0.25, 0.3) is 28.6 Å². The zero-order chi connectivity index (χ0) is 14.2. The predicted molar refractivity (Wildman–Crippen MR) is 76.6 cm³/mol. The highest BCUT2D eigenvalue weighted by Gasteiger charge is 2.11. The third-order valence-corrected chi connectivity index (χ3v) is 3.22. The molecular weight excluding hydrogens is 290 g/mol. The number of hydrogen-bond acceptors (Lipinski definition) is 5. The molecule has 4 aromatic heterocycles. The van der Waals surface area contributed by atoms with Gasteiger partial charge in [-0.25, -0.2) is 19.9 Å². The number of fused-ring (bicyclic) bond motifs is 1. The average molecular weight is 298 g/mol. The molecule has 0 radical (unpaired) electrons. The second kappa shape index (κ2) is 4.64. The van der Waals surface area contributed by atoms with Gasteiger partial charge in [-0.1, -0.05) is 11.6 Å². The Morgan fingerprint density at radius 2 is 2.00 bits per heavy atom. The van der Waals surface area contributed by atoms with E-state index in [4.69, 9.17) is 11.6 Å². The topological polar surface area (TPSA) is 84.6 Å². The van der Waals surface area contributed by atoms with Gasteiger partial charge in [-0.3, -0.25) is 9.50 Å². The minimum absolute atomic E-state index is 0.386. The monoisotopic (exact) mass is 297 g/mol. The fraction of sp³-hybridized carbons (Fsp3) is 0. The van der Waals surface area contributed by atoms with E-state index in [1.165, 1.54) is 0 Å². The lowest BCUT2D eigenvalue weighted by Gasteiger charge is -2.02. The molecule has 0 unspecified atom stereocenters. The van der Waals surface area contributed by atoms with E-state index in [1.807, 2.05) is 16.7 Å². The largest absolute Gasteiger partial charge is 0.293 e. The Balaban J connectivity index is 1.92. The van der Waals surface area contributed by atoms with Crippen molar-refractivity contribution in [2.24, 2.45) is 0 Å². The Hall–Kier alpha value is -2.80. The molecule has 102 valence electrons. The molecular formula is C13H8ClN7. The molecule has 0 amide bonds. The van der Waals surface area contributed by atoms with Crippen molar-refractivity contribution in [3.63, 3.8) is 0 Å². The highest BCUT2D eigenvalue weighted by Crippen LogP contribution is 2.20. The number of imidazole rings is 1. The maximum Gasteiger partial charge on any atom is 0.179 e. The maximum atomic E-state index is 5.92. The van der Waals surface area contributed by atoms with Gasteiger partial charge < -0.3 is 0 Å². The van der Waals surface area contributed by atoms with Gasteiger partial charge >= 0.3 is 0 Å². The summed E-state index contributed by atoms with van der Waals surface area (Å²) in [5.74, 6) is 0.508. The highest BCUT2D eigenvalue weighted by molar-refractivity contribution is 6.29. The van der Waals surface area contributed by atoms with Crippen LogP contribution in [0.4, 0.5) is 0 Å². The van der Waals surface area contributed by atoms with Gasteiger partial charge in [0.25, 0.3) is 0 Å². The van der Waals surface area contributed by atoms with Crippen LogP contribution >= 0.6 is 11.6 Å². The van der Waals surface area contributed by atoms with Gasteiger partial charge in [0.1, 0.15) is 22.2 Å². The average Bonchev–Trinajstić information content (AvgIpc) is 3.16. The van der Waals surface area contributed by atoms with Crippen molar-refractivity contribution in [1.82, 2.24) is 34.5 Å². The van der Waals surface area contributed by atoms with Crippen LogP contribution in [0.5, 0.6) is 0 Å². The molecule has 0 aliphatic carbocycles. The standard InChI is InChI=1S/C13H8ClN7/c14-11-2-3-15-13(19-11)10-5-17-12-6-16-9(7-21(10)12)8-1-4-18-20-8/h1-7H,(H,18,20). The van der Waals surface area contributed by atoms with Crippen LogP contribution in [0.2, 0.25) is 5.15 Å². The molecule has 4 rings (SSSR count). The van der Waals surface area contributed by atoms with Crippen LogP contribution in [-0.2, 0) is 0 Å². The van der Waals surface area contributed by atoms with E-state index in [1.54, 1.807) is 30.9 Å². The SMILES string of the molecule is Clc1ccnc(-c2cnc3cnc(-c4cc[nH]n4)cn23)n1. The molecule has 0 saturated heterocycles. The summed E-state index contributed by atoms with van der Waals surface area (Å²) in [7, 11) is 0. The van der Waals surface area contributed by atoms with E-state index in [2.05, 4.69) is 30.1 Å². The lowest BCUT2D eigenvalue weighted by atomic mass is 10.3. The Morgan fingerprint density at radius 3 is 2.81 bits per heavy atom. The Bertz CT molecular complexity index is 913.